The van der Waals surface area contributed by atoms with Crippen LogP contribution in [0, 0.1) is 13.8 Å². The summed E-state index contributed by atoms with van der Waals surface area (Å²) in [6.45, 7) is 3.13. The zero-order valence-corrected chi connectivity index (χ0v) is 15.9. The number of benzene rings is 2. The Hall–Kier alpha value is -2.09. The van der Waals surface area contributed by atoms with Gasteiger partial charge in [-0.25, -0.2) is 0 Å². The van der Waals surface area contributed by atoms with E-state index >= 15 is 0 Å². The minimum Gasteiger partial charge on any atom is -0.394 e. The van der Waals surface area contributed by atoms with Crippen molar-refractivity contribution >= 4 is 5.78 Å². The molecule has 1 aliphatic carbocycles. The molecule has 5 N–H and O–H groups in total. The Morgan fingerprint density at radius 1 is 0.929 bits per heavy atom. The minimum atomic E-state index is -1.90. The van der Waals surface area contributed by atoms with Crippen LogP contribution in [-0.4, -0.2) is 62.3 Å². The second-order valence-electron chi connectivity index (χ2n) is 7.58. The molecule has 0 heterocycles. The number of hydrogen-bond acceptors (Lipinski definition) is 6. The zero-order valence-electron chi connectivity index (χ0n) is 15.9. The molecule has 1 aliphatic rings. The third-order valence-electron chi connectivity index (χ3n) is 5.50. The first-order chi connectivity index (χ1) is 13.3. The lowest BCUT2D eigenvalue weighted by molar-refractivity contribution is -0.149. The molecule has 0 aliphatic heterocycles. The van der Waals surface area contributed by atoms with E-state index in [0.29, 0.717) is 0 Å². The van der Waals surface area contributed by atoms with Crippen molar-refractivity contribution in [3.8, 4) is 0 Å². The molecule has 0 amide bonds. The maximum atomic E-state index is 13.0. The fourth-order valence-corrected chi connectivity index (χ4v) is 3.94. The smallest absolute Gasteiger partial charge is 0.172 e. The molecule has 0 radical (unpaired) electrons. The van der Waals surface area contributed by atoms with Gasteiger partial charge in [0.1, 0.15) is 24.4 Å². The fourth-order valence-electron chi connectivity index (χ4n) is 3.94. The highest BCUT2D eigenvalue weighted by Gasteiger charge is 2.47. The van der Waals surface area contributed by atoms with Crippen molar-refractivity contribution < 1.29 is 30.3 Å². The number of rotatable bonds is 7. The largest absolute Gasteiger partial charge is 0.394 e. The van der Waals surface area contributed by atoms with E-state index in [2.05, 4.69) is 0 Å². The number of carbonyl (C=O) groups is 1. The van der Waals surface area contributed by atoms with Crippen LogP contribution in [0.4, 0.5) is 0 Å². The maximum Gasteiger partial charge on any atom is 0.172 e. The average Bonchev–Trinajstić information content (AvgIpc) is 2.67. The molecule has 0 spiro atoms. The first kappa shape index (κ1) is 20.6. The van der Waals surface area contributed by atoms with Crippen molar-refractivity contribution in [2.24, 2.45) is 0 Å². The second kappa shape index (κ2) is 8.11. The Bertz CT molecular complexity index is 864. The quantitative estimate of drug-likeness (QED) is 0.474. The van der Waals surface area contributed by atoms with Gasteiger partial charge in [0.15, 0.2) is 5.78 Å². The highest BCUT2D eigenvalue weighted by Crippen LogP contribution is 2.51. The van der Waals surface area contributed by atoms with Crippen LogP contribution in [0.1, 0.15) is 39.7 Å². The van der Waals surface area contributed by atoms with E-state index in [-0.39, 0.29) is 5.92 Å². The molecule has 6 atom stereocenters. The van der Waals surface area contributed by atoms with E-state index in [9.17, 15) is 25.2 Å². The van der Waals surface area contributed by atoms with Gasteiger partial charge in [-0.1, -0.05) is 53.6 Å². The van der Waals surface area contributed by atoms with Crippen LogP contribution in [0.3, 0.4) is 0 Å². The Morgan fingerprint density at radius 3 is 2.25 bits per heavy atom. The predicted octanol–water partition coefficient (Wildman–Crippen LogP) is 0.538. The van der Waals surface area contributed by atoms with Gasteiger partial charge in [-0.3, -0.25) is 4.79 Å². The summed E-state index contributed by atoms with van der Waals surface area (Å²) in [4.78, 5) is 13.0. The van der Waals surface area contributed by atoms with Gasteiger partial charge in [-0.15, -0.1) is 0 Å². The van der Waals surface area contributed by atoms with Gasteiger partial charge in [0.2, 0.25) is 0 Å². The van der Waals surface area contributed by atoms with Gasteiger partial charge in [0, 0.05) is 5.92 Å². The number of carbonyl (C=O) groups excluding carboxylic acids is 1. The summed E-state index contributed by atoms with van der Waals surface area (Å²) in [5.74, 6) is -1.55. The predicted molar refractivity (Wildman–Crippen MR) is 103 cm³/mol. The van der Waals surface area contributed by atoms with Crippen LogP contribution in [0.2, 0.25) is 0 Å². The van der Waals surface area contributed by atoms with Crippen LogP contribution < -0.4 is 0 Å². The molecular formula is C22H26O6. The average molecular weight is 386 g/mol. The van der Waals surface area contributed by atoms with Gasteiger partial charge in [0.25, 0.3) is 0 Å². The van der Waals surface area contributed by atoms with Crippen molar-refractivity contribution in [2.75, 3.05) is 6.61 Å². The summed E-state index contributed by atoms with van der Waals surface area (Å²) in [5.41, 5.74) is 4.83. The highest BCUT2D eigenvalue weighted by atomic mass is 16.4. The number of hydrogen-bond donors (Lipinski definition) is 5. The Labute approximate surface area is 163 Å². The third-order valence-corrected chi connectivity index (χ3v) is 5.50. The SMILES string of the molecule is Cc1cccc(C2c3cc(C)ccc3C2C(=O)[C@H](O)[C@@H](O)[C@H](O)[C@H](O)CO)c1. The van der Waals surface area contributed by atoms with Gasteiger partial charge in [-0.05, 0) is 30.5 Å². The van der Waals surface area contributed by atoms with E-state index in [1.165, 1.54) is 0 Å². The van der Waals surface area contributed by atoms with E-state index in [0.717, 1.165) is 27.8 Å². The molecular weight excluding hydrogens is 360 g/mol. The molecule has 28 heavy (non-hydrogen) atoms. The van der Waals surface area contributed by atoms with Crippen molar-refractivity contribution in [2.45, 2.75) is 50.1 Å². The Balaban J connectivity index is 1.94. The summed E-state index contributed by atoms with van der Waals surface area (Å²) >= 11 is 0. The summed E-state index contributed by atoms with van der Waals surface area (Å²) < 4.78 is 0. The van der Waals surface area contributed by atoms with Crippen molar-refractivity contribution in [3.63, 3.8) is 0 Å². The van der Waals surface area contributed by atoms with E-state index in [1.807, 2.05) is 56.3 Å². The molecule has 2 aromatic rings. The normalized spacial score (nSPS) is 22.5. The van der Waals surface area contributed by atoms with E-state index in [4.69, 9.17) is 5.11 Å². The third kappa shape index (κ3) is 3.62. The molecule has 0 bridgehead atoms. The van der Waals surface area contributed by atoms with Crippen LogP contribution in [-0.2, 0) is 4.79 Å². The van der Waals surface area contributed by atoms with Gasteiger partial charge in [-0.2, -0.15) is 0 Å². The number of ketones is 1. The highest BCUT2D eigenvalue weighted by molar-refractivity contribution is 5.94. The van der Waals surface area contributed by atoms with Gasteiger partial charge >= 0.3 is 0 Å². The molecule has 6 nitrogen and oxygen atoms in total. The molecule has 2 unspecified atom stereocenters. The molecule has 0 fully saturated rings. The number of aliphatic hydroxyl groups is 5. The van der Waals surface area contributed by atoms with Gasteiger partial charge < -0.3 is 25.5 Å². The number of aryl methyl sites for hydroxylation is 2. The Kier molecular flexibility index (Phi) is 5.98. The lowest BCUT2D eigenvalue weighted by atomic mass is 9.62. The second-order valence-corrected chi connectivity index (χ2v) is 7.58. The van der Waals surface area contributed by atoms with E-state index in [1.54, 1.807) is 0 Å². The number of aliphatic hydroxyl groups excluding tert-OH is 5. The zero-order chi connectivity index (χ0) is 20.6. The first-order valence-corrected chi connectivity index (χ1v) is 9.30. The monoisotopic (exact) mass is 386 g/mol. The topological polar surface area (TPSA) is 118 Å². The van der Waals surface area contributed by atoms with Crippen LogP contribution in [0.5, 0.6) is 0 Å². The lowest BCUT2D eigenvalue weighted by Crippen LogP contribution is -2.51. The van der Waals surface area contributed by atoms with Crippen LogP contribution in [0.15, 0.2) is 42.5 Å². The molecule has 0 saturated heterocycles. The molecule has 3 rings (SSSR count). The van der Waals surface area contributed by atoms with Crippen molar-refractivity contribution in [3.05, 3.63) is 70.3 Å². The summed E-state index contributed by atoms with van der Waals surface area (Å²) in [6, 6.07) is 13.5. The van der Waals surface area contributed by atoms with Crippen molar-refractivity contribution in [1.82, 2.24) is 0 Å². The molecule has 0 saturated carbocycles. The summed E-state index contributed by atoms with van der Waals surface area (Å²) in [6.07, 6.45) is -7.27. The molecule has 0 aromatic heterocycles. The van der Waals surface area contributed by atoms with Crippen LogP contribution in [0.25, 0.3) is 0 Å². The van der Waals surface area contributed by atoms with Gasteiger partial charge in [0.05, 0.1) is 12.5 Å². The maximum absolute atomic E-state index is 13.0. The Morgan fingerprint density at radius 2 is 1.61 bits per heavy atom. The molecule has 6 heteroatoms. The fraction of sp³-hybridized carbons (Fsp3) is 0.409. The summed E-state index contributed by atoms with van der Waals surface area (Å²) in [5, 5.41) is 48.8. The summed E-state index contributed by atoms with van der Waals surface area (Å²) in [7, 11) is 0. The van der Waals surface area contributed by atoms with Crippen molar-refractivity contribution in [1.29, 1.82) is 0 Å². The standard InChI is InChI=1S/C22H26O6/c1-11-4-3-5-13(8-11)17-15-9-12(2)6-7-14(15)18(17)20(26)22(28)21(27)19(25)16(24)10-23/h3-9,16-19,21-25,27-28H,10H2,1-2H3/t16-,17?,18?,19-,21+,22+/m1/s1. The molecule has 2 aromatic carbocycles. The number of fused-ring (bicyclic) bond motifs is 1. The van der Waals surface area contributed by atoms with E-state index < -0.39 is 42.7 Å². The first-order valence-electron chi connectivity index (χ1n) is 9.30. The van der Waals surface area contributed by atoms with Crippen LogP contribution >= 0.6 is 0 Å². The minimum absolute atomic E-state index is 0.260. The lowest BCUT2D eigenvalue weighted by Gasteiger charge is -2.41. The number of Topliss-reactive ketones (excluding diaryl/α,β-unsaturated/α-hetero) is 1. The molecule has 150 valence electrons.